The molecule has 1 saturated heterocycles. The predicted octanol–water partition coefficient (Wildman–Crippen LogP) is 3.10. The molecule has 1 aliphatic carbocycles. The molecule has 2 aliphatic rings. The lowest BCUT2D eigenvalue weighted by molar-refractivity contribution is -0.0850. The van der Waals surface area contributed by atoms with Gasteiger partial charge in [0, 0.05) is 24.3 Å². The summed E-state index contributed by atoms with van der Waals surface area (Å²) in [5, 5.41) is 4.70. The maximum atomic E-state index is 5.50. The minimum atomic E-state index is 0.154. The van der Waals surface area contributed by atoms with Gasteiger partial charge in [-0.3, -0.25) is 4.99 Å². The Morgan fingerprint density at radius 1 is 1.33 bits per heavy atom. The zero-order chi connectivity index (χ0) is 14.9. The Balaban J connectivity index is 1.56. The second kappa shape index (κ2) is 6.01. The van der Waals surface area contributed by atoms with E-state index in [9.17, 15) is 0 Å². The Hall–Kier alpha value is -1.00. The van der Waals surface area contributed by atoms with Crippen molar-refractivity contribution in [3.63, 3.8) is 0 Å². The summed E-state index contributed by atoms with van der Waals surface area (Å²) in [6, 6.07) is 11.5. The molecular weight excluding hydrogens is 280 g/mol. The Labute approximate surface area is 131 Å². The maximum absolute atomic E-state index is 5.50. The molecule has 3 nitrogen and oxygen atoms in total. The SMILES string of the molecule is COC1CC(N=C2NC(Cc3ccccc3)CS2)C1(C)C. The van der Waals surface area contributed by atoms with Crippen LogP contribution in [0.4, 0.5) is 0 Å². The van der Waals surface area contributed by atoms with Crippen LogP contribution in [0.15, 0.2) is 35.3 Å². The monoisotopic (exact) mass is 304 g/mol. The predicted molar refractivity (Wildman–Crippen MR) is 89.9 cm³/mol. The van der Waals surface area contributed by atoms with Gasteiger partial charge in [-0.1, -0.05) is 55.9 Å². The first-order valence-electron chi connectivity index (χ1n) is 7.63. The molecule has 4 heteroatoms. The highest BCUT2D eigenvalue weighted by molar-refractivity contribution is 8.14. The minimum absolute atomic E-state index is 0.154. The van der Waals surface area contributed by atoms with Crippen LogP contribution < -0.4 is 5.32 Å². The molecule has 1 saturated carbocycles. The first-order valence-corrected chi connectivity index (χ1v) is 8.62. The van der Waals surface area contributed by atoms with Crippen LogP contribution in [0.25, 0.3) is 0 Å². The summed E-state index contributed by atoms with van der Waals surface area (Å²) >= 11 is 1.85. The first-order chi connectivity index (χ1) is 10.1. The smallest absolute Gasteiger partial charge is 0.157 e. The first kappa shape index (κ1) is 14.9. The number of thioether (sulfide) groups is 1. The lowest BCUT2D eigenvalue weighted by atomic mass is 9.65. The number of hydrogen-bond donors (Lipinski definition) is 1. The van der Waals surface area contributed by atoms with Crippen molar-refractivity contribution in [2.75, 3.05) is 12.9 Å². The largest absolute Gasteiger partial charge is 0.381 e. The molecule has 0 amide bonds. The van der Waals surface area contributed by atoms with E-state index in [2.05, 4.69) is 49.5 Å². The van der Waals surface area contributed by atoms with Gasteiger partial charge in [-0.15, -0.1) is 0 Å². The third-order valence-electron chi connectivity index (χ3n) is 4.76. The molecule has 3 rings (SSSR count). The van der Waals surface area contributed by atoms with Crippen molar-refractivity contribution >= 4 is 16.9 Å². The molecule has 1 aromatic rings. The zero-order valence-corrected chi connectivity index (χ0v) is 13.8. The van der Waals surface area contributed by atoms with E-state index in [0.29, 0.717) is 18.2 Å². The standard InChI is InChI=1S/C17H24N2OS/c1-17(2)14(10-15(17)20-3)19-16-18-13(11-21-16)9-12-7-5-4-6-8-12/h4-8,13-15H,9-11H2,1-3H3,(H,18,19). The van der Waals surface area contributed by atoms with Crippen LogP contribution in [0.2, 0.25) is 0 Å². The Morgan fingerprint density at radius 2 is 2.10 bits per heavy atom. The fourth-order valence-corrected chi connectivity index (χ4v) is 4.16. The van der Waals surface area contributed by atoms with Crippen LogP contribution >= 0.6 is 11.8 Å². The summed E-state index contributed by atoms with van der Waals surface area (Å²) < 4.78 is 5.50. The van der Waals surface area contributed by atoms with Crippen molar-refractivity contribution in [2.24, 2.45) is 10.4 Å². The quantitative estimate of drug-likeness (QED) is 0.928. The molecule has 0 aromatic heterocycles. The molecule has 0 bridgehead atoms. The molecule has 3 unspecified atom stereocenters. The highest BCUT2D eigenvalue weighted by Gasteiger charge is 2.49. The van der Waals surface area contributed by atoms with Crippen LogP contribution in [0.5, 0.6) is 0 Å². The normalized spacial score (nSPS) is 32.7. The number of hydrogen-bond acceptors (Lipinski definition) is 3. The molecule has 3 atom stereocenters. The second-order valence-corrected chi connectivity index (χ2v) is 7.58. The molecule has 21 heavy (non-hydrogen) atoms. The van der Waals surface area contributed by atoms with Crippen molar-refractivity contribution in [3.8, 4) is 0 Å². The zero-order valence-electron chi connectivity index (χ0n) is 13.0. The van der Waals surface area contributed by atoms with Crippen molar-refractivity contribution in [1.82, 2.24) is 5.32 Å². The van der Waals surface area contributed by atoms with E-state index in [-0.39, 0.29) is 5.41 Å². The van der Waals surface area contributed by atoms with Gasteiger partial charge in [0.2, 0.25) is 0 Å². The maximum Gasteiger partial charge on any atom is 0.157 e. The van der Waals surface area contributed by atoms with E-state index in [1.54, 1.807) is 7.11 Å². The van der Waals surface area contributed by atoms with Crippen molar-refractivity contribution in [1.29, 1.82) is 0 Å². The van der Waals surface area contributed by atoms with E-state index in [0.717, 1.165) is 23.8 Å². The highest BCUT2D eigenvalue weighted by atomic mass is 32.2. The molecule has 1 aliphatic heterocycles. The Morgan fingerprint density at radius 3 is 2.76 bits per heavy atom. The third kappa shape index (κ3) is 3.11. The fourth-order valence-electron chi connectivity index (χ4n) is 3.15. The van der Waals surface area contributed by atoms with Gasteiger partial charge >= 0.3 is 0 Å². The average Bonchev–Trinajstić information content (AvgIpc) is 2.91. The highest BCUT2D eigenvalue weighted by Crippen LogP contribution is 2.45. The van der Waals surface area contributed by atoms with Crippen LogP contribution in [-0.4, -0.2) is 36.2 Å². The van der Waals surface area contributed by atoms with Gasteiger partial charge in [-0.25, -0.2) is 0 Å². The van der Waals surface area contributed by atoms with Crippen molar-refractivity contribution in [3.05, 3.63) is 35.9 Å². The molecular formula is C17H24N2OS. The van der Waals surface area contributed by atoms with Gasteiger partial charge in [0.05, 0.1) is 12.1 Å². The van der Waals surface area contributed by atoms with E-state index < -0.39 is 0 Å². The molecule has 2 fully saturated rings. The topological polar surface area (TPSA) is 33.6 Å². The van der Waals surface area contributed by atoms with Gasteiger partial charge in [-0.2, -0.15) is 0 Å². The van der Waals surface area contributed by atoms with Gasteiger partial charge in [-0.05, 0) is 18.4 Å². The van der Waals surface area contributed by atoms with Gasteiger partial charge in [0.15, 0.2) is 5.17 Å². The van der Waals surface area contributed by atoms with E-state index in [1.165, 1.54) is 5.56 Å². The van der Waals surface area contributed by atoms with E-state index in [4.69, 9.17) is 9.73 Å². The molecule has 0 spiro atoms. The summed E-state index contributed by atoms with van der Waals surface area (Å²) in [6.45, 7) is 4.50. The molecule has 114 valence electrons. The van der Waals surface area contributed by atoms with E-state index >= 15 is 0 Å². The summed E-state index contributed by atoms with van der Waals surface area (Å²) in [6.07, 6.45) is 2.46. The molecule has 1 aromatic carbocycles. The van der Waals surface area contributed by atoms with Crippen LogP contribution in [-0.2, 0) is 11.2 Å². The summed E-state index contributed by atoms with van der Waals surface area (Å²) in [5.74, 6) is 1.11. The Bertz CT molecular complexity index is 515. The van der Waals surface area contributed by atoms with Crippen molar-refractivity contribution in [2.45, 2.75) is 44.9 Å². The van der Waals surface area contributed by atoms with Crippen LogP contribution in [0, 0.1) is 5.41 Å². The number of nitrogens with one attached hydrogen (secondary N) is 1. The number of rotatable bonds is 4. The van der Waals surface area contributed by atoms with E-state index in [1.807, 2.05) is 11.8 Å². The summed E-state index contributed by atoms with van der Waals surface area (Å²) in [4.78, 5) is 4.91. The third-order valence-corrected chi connectivity index (χ3v) is 5.82. The second-order valence-electron chi connectivity index (χ2n) is 6.57. The number of aliphatic imine (C=N–C) groups is 1. The fraction of sp³-hybridized carbons (Fsp3) is 0.588. The van der Waals surface area contributed by atoms with Crippen LogP contribution in [0.3, 0.4) is 0 Å². The molecule has 1 N–H and O–H groups in total. The lowest BCUT2D eigenvalue weighted by Gasteiger charge is -2.49. The van der Waals surface area contributed by atoms with Gasteiger partial charge < -0.3 is 10.1 Å². The Kier molecular flexibility index (Phi) is 4.27. The molecule has 1 heterocycles. The number of nitrogens with zero attached hydrogens (tertiary/aromatic N) is 1. The van der Waals surface area contributed by atoms with Gasteiger partial charge in [0.25, 0.3) is 0 Å². The number of amidine groups is 1. The summed E-state index contributed by atoms with van der Waals surface area (Å²) in [5.41, 5.74) is 1.54. The van der Waals surface area contributed by atoms with Gasteiger partial charge in [0.1, 0.15) is 0 Å². The minimum Gasteiger partial charge on any atom is -0.381 e. The molecule has 0 radical (unpaired) electrons. The average molecular weight is 304 g/mol. The lowest BCUT2D eigenvalue weighted by Crippen LogP contribution is -2.53. The van der Waals surface area contributed by atoms with Crippen molar-refractivity contribution < 1.29 is 4.74 Å². The summed E-state index contributed by atoms with van der Waals surface area (Å²) in [7, 11) is 1.80. The number of benzene rings is 1. The number of methoxy groups -OCH3 is 1. The number of ether oxygens (including phenoxy) is 1. The van der Waals surface area contributed by atoms with Crippen LogP contribution in [0.1, 0.15) is 25.8 Å².